The van der Waals surface area contributed by atoms with Crippen molar-refractivity contribution in [1.82, 2.24) is 4.90 Å². The normalized spacial score (nSPS) is 24.0. The van der Waals surface area contributed by atoms with Gasteiger partial charge in [0.2, 0.25) is 0 Å². The van der Waals surface area contributed by atoms with Crippen LogP contribution in [0.1, 0.15) is 20.8 Å². The summed E-state index contributed by atoms with van der Waals surface area (Å²) >= 11 is 0. The maximum atomic E-state index is 10.1. The number of nitrogens with zero attached hydrogens (tertiary/aromatic N) is 1. The summed E-state index contributed by atoms with van der Waals surface area (Å²) < 4.78 is 16.7. The number of aliphatic hydroxyl groups is 1. The van der Waals surface area contributed by atoms with Gasteiger partial charge in [-0.1, -0.05) is 0 Å². The predicted molar refractivity (Wildman–Crippen MR) is 85.6 cm³/mol. The highest BCUT2D eigenvalue weighted by atomic mass is 16.5. The lowest BCUT2D eigenvalue weighted by atomic mass is 10.2. The minimum Gasteiger partial charge on any atom is -0.494 e. The smallest absolute Gasteiger partial charge is 0.119 e. The van der Waals surface area contributed by atoms with E-state index in [1.165, 1.54) is 0 Å². The molecule has 0 spiro atoms. The summed E-state index contributed by atoms with van der Waals surface area (Å²) in [5.74, 6) is 1.57. The third-order valence-corrected chi connectivity index (χ3v) is 3.54. The fourth-order valence-electron chi connectivity index (χ4n) is 2.78. The van der Waals surface area contributed by atoms with E-state index in [1.807, 2.05) is 31.2 Å². The molecular weight excluding hydrogens is 282 g/mol. The summed E-state index contributed by atoms with van der Waals surface area (Å²) in [6, 6.07) is 7.46. The average Bonchev–Trinajstić information content (AvgIpc) is 2.46. The van der Waals surface area contributed by atoms with E-state index in [-0.39, 0.29) is 18.8 Å². The molecule has 3 atom stereocenters. The van der Waals surface area contributed by atoms with E-state index in [4.69, 9.17) is 14.2 Å². The Morgan fingerprint density at radius 2 is 1.68 bits per heavy atom. The molecular formula is C17H27NO4. The molecule has 1 aromatic carbocycles. The van der Waals surface area contributed by atoms with Crippen molar-refractivity contribution < 1.29 is 19.3 Å². The van der Waals surface area contributed by atoms with Crippen molar-refractivity contribution in [2.45, 2.75) is 39.1 Å². The Labute approximate surface area is 132 Å². The summed E-state index contributed by atoms with van der Waals surface area (Å²) in [5, 5.41) is 10.1. The van der Waals surface area contributed by atoms with E-state index in [0.29, 0.717) is 13.2 Å². The molecule has 0 radical (unpaired) electrons. The van der Waals surface area contributed by atoms with Gasteiger partial charge in [-0.05, 0) is 45.0 Å². The van der Waals surface area contributed by atoms with Crippen LogP contribution >= 0.6 is 0 Å². The van der Waals surface area contributed by atoms with Crippen LogP contribution in [-0.4, -0.2) is 61.2 Å². The predicted octanol–water partition coefficient (Wildman–Crippen LogP) is 1.93. The molecule has 0 saturated carbocycles. The molecule has 0 bridgehead atoms. The number of benzene rings is 1. The molecule has 2 rings (SSSR count). The zero-order valence-corrected chi connectivity index (χ0v) is 13.7. The van der Waals surface area contributed by atoms with Gasteiger partial charge in [0, 0.05) is 19.6 Å². The Balaban J connectivity index is 1.73. The van der Waals surface area contributed by atoms with E-state index >= 15 is 0 Å². The maximum absolute atomic E-state index is 10.1. The number of rotatable bonds is 7. The van der Waals surface area contributed by atoms with Crippen molar-refractivity contribution >= 4 is 0 Å². The molecule has 1 fully saturated rings. The molecule has 1 aliphatic rings. The van der Waals surface area contributed by atoms with Gasteiger partial charge in [-0.25, -0.2) is 0 Å². The first-order valence-corrected chi connectivity index (χ1v) is 7.98. The molecule has 5 nitrogen and oxygen atoms in total. The largest absolute Gasteiger partial charge is 0.494 e. The average molecular weight is 309 g/mol. The SMILES string of the molecule is CCOc1ccc(OC[C@H](O)CN2C[C@@H](C)O[C@@H](C)C2)cc1. The Kier molecular flexibility index (Phi) is 6.49. The first-order chi connectivity index (χ1) is 10.6. The molecule has 0 aliphatic carbocycles. The van der Waals surface area contributed by atoms with Crippen molar-refractivity contribution in [3.05, 3.63) is 24.3 Å². The molecule has 1 aliphatic heterocycles. The second-order valence-corrected chi connectivity index (χ2v) is 5.85. The summed E-state index contributed by atoms with van der Waals surface area (Å²) in [7, 11) is 0. The quantitative estimate of drug-likeness (QED) is 0.834. The highest BCUT2D eigenvalue weighted by Crippen LogP contribution is 2.18. The molecule has 0 amide bonds. The maximum Gasteiger partial charge on any atom is 0.119 e. The monoisotopic (exact) mass is 309 g/mol. The van der Waals surface area contributed by atoms with Crippen LogP contribution < -0.4 is 9.47 Å². The van der Waals surface area contributed by atoms with Gasteiger partial charge in [-0.3, -0.25) is 4.90 Å². The van der Waals surface area contributed by atoms with Crippen molar-refractivity contribution in [2.24, 2.45) is 0 Å². The van der Waals surface area contributed by atoms with E-state index < -0.39 is 6.10 Å². The van der Waals surface area contributed by atoms with Gasteiger partial charge in [0.15, 0.2) is 0 Å². The molecule has 1 aromatic rings. The van der Waals surface area contributed by atoms with Crippen LogP contribution in [-0.2, 0) is 4.74 Å². The fourth-order valence-corrected chi connectivity index (χ4v) is 2.78. The minimum absolute atomic E-state index is 0.211. The molecule has 0 aromatic heterocycles. The van der Waals surface area contributed by atoms with E-state index in [2.05, 4.69) is 18.7 Å². The summed E-state index contributed by atoms with van der Waals surface area (Å²) in [6.07, 6.45) is -0.0879. The summed E-state index contributed by atoms with van der Waals surface area (Å²) in [6.45, 7) is 9.32. The van der Waals surface area contributed by atoms with Gasteiger partial charge in [-0.2, -0.15) is 0 Å². The Hall–Kier alpha value is -1.30. The van der Waals surface area contributed by atoms with Crippen LogP contribution in [0.15, 0.2) is 24.3 Å². The number of hydrogen-bond donors (Lipinski definition) is 1. The lowest BCUT2D eigenvalue weighted by Crippen LogP contribution is -2.48. The Morgan fingerprint density at radius 3 is 2.23 bits per heavy atom. The van der Waals surface area contributed by atoms with Gasteiger partial charge >= 0.3 is 0 Å². The first kappa shape index (κ1) is 17.1. The van der Waals surface area contributed by atoms with Crippen LogP contribution in [0.2, 0.25) is 0 Å². The summed E-state index contributed by atoms with van der Waals surface area (Å²) in [4.78, 5) is 2.23. The van der Waals surface area contributed by atoms with Crippen molar-refractivity contribution in [1.29, 1.82) is 0 Å². The number of morpholine rings is 1. The number of hydrogen-bond acceptors (Lipinski definition) is 5. The third-order valence-electron chi connectivity index (χ3n) is 3.54. The minimum atomic E-state index is -0.510. The van der Waals surface area contributed by atoms with Crippen LogP contribution in [0.25, 0.3) is 0 Å². The number of β-amino-alcohol motifs (C(OH)–C–C–N with tert-alkyl or cyclic N) is 1. The highest BCUT2D eigenvalue weighted by Gasteiger charge is 2.23. The molecule has 1 saturated heterocycles. The van der Waals surface area contributed by atoms with Crippen LogP contribution in [0.5, 0.6) is 11.5 Å². The van der Waals surface area contributed by atoms with Crippen LogP contribution in [0.3, 0.4) is 0 Å². The second-order valence-electron chi connectivity index (χ2n) is 5.85. The van der Waals surface area contributed by atoms with E-state index in [1.54, 1.807) is 0 Å². The fraction of sp³-hybridized carbons (Fsp3) is 0.647. The van der Waals surface area contributed by atoms with Gasteiger partial charge in [0.1, 0.15) is 24.2 Å². The van der Waals surface area contributed by atoms with Crippen molar-refractivity contribution in [2.75, 3.05) is 32.8 Å². The van der Waals surface area contributed by atoms with E-state index in [9.17, 15) is 5.11 Å². The van der Waals surface area contributed by atoms with Crippen molar-refractivity contribution in [3.8, 4) is 11.5 Å². The first-order valence-electron chi connectivity index (χ1n) is 7.98. The van der Waals surface area contributed by atoms with Crippen LogP contribution in [0.4, 0.5) is 0 Å². The number of aliphatic hydroxyl groups excluding tert-OH is 1. The van der Waals surface area contributed by atoms with Gasteiger partial charge in [-0.15, -0.1) is 0 Å². The third kappa shape index (κ3) is 5.48. The molecule has 0 unspecified atom stereocenters. The standard InChI is InChI=1S/C17H27NO4/c1-4-20-16-5-7-17(8-6-16)21-12-15(19)11-18-9-13(2)22-14(3)10-18/h5-8,13-15,19H,4,9-12H2,1-3H3/t13-,14+,15-/m1/s1. The molecule has 22 heavy (non-hydrogen) atoms. The number of ether oxygens (including phenoxy) is 3. The topological polar surface area (TPSA) is 51.2 Å². The zero-order chi connectivity index (χ0) is 15.9. The second kappa shape index (κ2) is 8.36. The molecule has 1 N–H and O–H groups in total. The highest BCUT2D eigenvalue weighted by molar-refractivity contribution is 5.31. The van der Waals surface area contributed by atoms with Gasteiger partial charge in [0.05, 0.1) is 18.8 Å². The summed E-state index contributed by atoms with van der Waals surface area (Å²) in [5.41, 5.74) is 0. The van der Waals surface area contributed by atoms with Crippen LogP contribution in [0, 0.1) is 0 Å². The van der Waals surface area contributed by atoms with Crippen molar-refractivity contribution in [3.63, 3.8) is 0 Å². The molecule has 124 valence electrons. The van der Waals surface area contributed by atoms with Gasteiger partial charge in [0.25, 0.3) is 0 Å². The molecule has 1 heterocycles. The Morgan fingerprint density at radius 1 is 1.14 bits per heavy atom. The lowest BCUT2D eigenvalue weighted by molar-refractivity contribution is -0.0786. The lowest BCUT2D eigenvalue weighted by Gasteiger charge is -2.36. The zero-order valence-electron chi connectivity index (χ0n) is 13.7. The van der Waals surface area contributed by atoms with E-state index in [0.717, 1.165) is 24.6 Å². The van der Waals surface area contributed by atoms with Gasteiger partial charge < -0.3 is 19.3 Å². The Bertz CT molecular complexity index is 427. The molecule has 5 heteroatoms.